The summed E-state index contributed by atoms with van der Waals surface area (Å²) in [6, 6.07) is -19.6. The summed E-state index contributed by atoms with van der Waals surface area (Å²) in [6.07, 6.45) is 0. The van der Waals surface area contributed by atoms with E-state index in [1.165, 1.54) is 13.8 Å². The monoisotopic (exact) mass is 598 g/mol. The molecule has 1 heteroatoms. The smallest absolute Gasteiger partial charge is 0.131 e. The van der Waals surface area contributed by atoms with Gasteiger partial charge in [0.2, 0.25) is 0 Å². The lowest BCUT2D eigenvalue weighted by Gasteiger charge is -2.35. The third-order valence-corrected chi connectivity index (χ3v) is 8.82. The van der Waals surface area contributed by atoms with Gasteiger partial charge in [-0.05, 0) is 90.6 Å². The number of hydrogen-bond acceptors (Lipinski definition) is 1. The Hall–Kier alpha value is -5.40. The SMILES string of the molecule is [2H]c1c([2H])c([2H])c2c(c1[2H])Oc1c([2H])c([2H])c(-c3c([2H])c([2H])c4c(c3[2H])C3(c5c([2H])c([2H])c([2H])c([2H])c5-4)c4c([2H])c([2H])c([2H])c([2H])c4-c4c3c([2H])c([2H])c3c([2H])c([2H])c([2H])c([2H])c43)c([2H])c1C2(C)C. The first-order valence-corrected chi connectivity index (χ1v) is 13.9. The first-order chi connectivity index (χ1) is 32.1. The molecule has 3 aliphatic rings. The van der Waals surface area contributed by atoms with Crippen LogP contribution in [0.25, 0.3) is 44.2 Å². The molecular formula is C44H30O. The molecule has 1 nitrogen and oxygen atoms in total. The number of hydrogen-bond donors (Lipinski definition) is 0. The molecule has 0 fully saturated rings. The lowest BCUT2D eigenvalue weighted by molar-refractivity contribution is 0.418. The van der Waals surface area contributed by atoms with Crippen LogP contribution in [0.15, 0.2) is 145 Å². The summed E-state index contributed by atoms with van der Waals surface area (Å²) in [5, 5.41) is -1.03. The van der Waals surface area contributed by atoms with Crippen LogP contribution in [0.4, 0.5) is 0 Å². The molecule has 10 rings (SSSR count). The molecule has 0 aromatic heterocycles. The molecule has 0 saturated heterocycles. The fourth-order valence-corrected chi connectivity index (χ4v) is 6.83. The Morgan fingerprint density at radius 1 is 0.467 bits per heavy atom. The van der Waals surface area contributed by atoms with E-state index < -0.39 is 228 Å². The molecule has 7 aromatic carbocycles. The van der Waals surface area contributed by atoms with Gasteiger partial charge in [0.25, 0.3) is 0 Å². The molecule has 7 aromatic rings. The quantitative estimate of drug-likeness (QED) is 0.183. The van der Waals surface area contributed by atoms with Gasteiger partial charge >= 0.3 is 0 Å². The molecule has 1 heterocycles. The van der Waals surface area contributed by atoms with E-state index in [9.17, 15) is 17.8 Å². The first-order valence-electron chi connectivity index (χ1n) is 25.9. The van der Waals surface area contributed by atoms with Gasteiger partial charge in [-0.15, -0.1) is 0 Å². The van der Waals surface area contributed by atoms with Crippen molar-refractivity contribution in [1.82, 2.24) is 0 Å². The minimum atomic E-state index is -2.78. The van der Waals surface area contributed by atoms with Crippen molar-refractivity contribution in [2.45, 2.75) is 24.7 Å². The van der Waals surface area contributed by atoms with Crippen LogP contribution in [0.1, 0.15) is 80.1 Å². The Balaban J connectivity index is 1.48. The predicted octanol–water partition coefficient (Wildman–Crippen LogP) is 11.3. The van der Waals surface area contributed by atoms with E-state index in [2.05, 4.69) is 0 Å². The van der Waals surface area contributed by atoms with Gasteiger partial charge in [-0.1, -0.05) is 135 Å². The molecule has 0 N–H and O–H groups in total. The highest BCUT2D eigenvalue weighted by Gasteiger charge is 2.52. The van der Waals surface area contributed by atoms with Crippen LogP contribution in [0.2, 0.25) is 0 Å². The van der Waals surface area contributed by atoms with Gasteiger partial charge in [-0.2, -0.15) is 0 Å². The van der Waals surface area contributed by atoms with Crippen LogP contribution in [0, 0.1) is 0 Å². The van der Waals surface area contributed by atoms with E-state index in [-0.39, 0.29) is 16.9 Å². The zero-order valence-corrected chi connectivity index (χ0v) is 23.4. The minimum absolute atomic E-state index is 0.129. The summed E-state index contributed by atoms with van der Waals surface area (Å²) < 4.78 is 226. The molecule has 2 aliphatic carbocycles. The van der Waals surface area contributed by atoms with Crippen LogP contribution in [0.3, 0.4) is 0 Å². The molecule has 0 amide bonds. The zero-order valence-electron chi connectivity index (χ0n) is 47.4. The van der Waals surface area contributed by atoms with Crippen molar-refractivity contribution in [3.8, 4) is 44.9 Å². The maximum atomic E-state index is 10.3. The van der Waals surface area contributed by atoms with Crippen molar-refractivity contribution in [3.63, 3.8) is 0 Å². The Morgan fingerprint density at radius 2 is 1.07 bits per heavy atom. The second-order valence-corrected chi connectivity index (χ2v) is 11.4. The summed E-state index contributed by atoms with van der Waals surface area (Å²) in [5.41, 5.74) is -10.6. The molecule has 0 bridgehead atoms. The zero-order chi connectivity index (χ0) is 50.8. The predicted molar refractivity (Wildman–Crippen MR) is 184 cm³/mol. The van der Waals surface area contributed by atoms with Crippen LogP contribution < -0.4 is 4.74 Å². The van der Waals surface area contributed by atoms with E-state index in [1.54, 1.807) is 0 Å². The standard InChI is InChI=1S/C44H30O/c1-43(2)36-17-9-10-18-40(36)45-41-24-21-29(26-39(41)43)28-19-22-32-31-13-5-7-15-34(31)44(38(32)25-28)35-16-8-6-14-33(35)42-30-12-4-3-11-27(30)20-23-37(42)44/h3-26H,1-2H3/i3D,4D,5D,6D,7D,8D,9D,10D,11D,12D,13D,14D,15D,16D,17D,18D,19D,20D,21D,22D,23D,24D,25D,26D. The molecule has 0 radical (unpaired) electrons. The van der Waals surface area contributed by atoms with Gasteiger partial charge in [-0.25, -0.2) is 0 Å². The lowest BCUT2D eigenvalue weighted by Crippen LogP contribution is -2.26. The number of ether oxygens (including phenoxy) is 1. The van der Waals surface area contributed by atoms with Gasteiger partial charge in [0.1, 0.15) is 11.5 Å². The maximum Gasteiger partial charge on any atom is 0.131 e. The molecule has 1 spiro atoms. The summed E-state index contributed by atoms with van der Waals surface area (Å²) in [7, 11) is 0. The number of rotatable bonds is 1. The van der Waals surface area contributed by atoms with Crippen LogP contribution in [-0.4, -0.2) is 0 Å². The fraction of sp³-hybridized carbons (Fsp3) is 0.0909. The topological polar surface area (TPSA) is 9.23 Å². The highest BCUT2D eigenvalue weighted by Crippen LogP contribution is 2.64. The van der Waals surface area contributed by atoms with Crippen molar-refractivity contribution in [2.24, 2.45) is 0 Å². The average molecular weight is 599 g/mol. The van der Waals surface area contributed by atoms with Gasteiger partial charge in [0.15, 0.2) is 0 Å². The summed E-state index contributed by atoms with van der Waals surface area (Å²) >= 11 is 0. The summed E-state index contributed by atoms with van der Waals surface area (Å²) in [5.74, 6) is -0.825. The molecule has 1 aliphatic heterocycles. The third-order valence-electron chi connectivity index (χ3n) is 8.82. The Labute approximate surface area is 297 Å². The summed E-state index contributed by atoms with van der Waals surface area (Å²) in [4.78, 5) is 0. The number of benzene rings is 7. The molecule has 212 valence electrons. The van der Waals surface area contributed by atoms with Crippen molar-refractivity contribution < 1.29 is 37.6 Å². The molecule has 1 atom stereocenters. The summed E-state index contributed by atoms with van der Waals surface area (Å²) in [6.45, 7) is 2.95. The van der Waals surface area contributed by atoms with Crippen molar-refractivity contribution >= 4 is 10.8 Å². The highest BCUT2D eigenvalue weighted by atomic mass is 16.5. The Kier molecular flexibility index (Phi) is 2.14. The van der Waals surface area contributed by atoms with E-state index in [1.807, 2.05) is 0 Å². The van der Waals surface area contributed by atoms with Crippen LogP contribution in [-0.2, 0) is 10.8 Å². The van der Waals surface area contributed by atoms with Crippen LogP contribution >= 0.6 is 0 Å². The van der Waals surface area contributed by atoms with Crippen molar-refractivity contribution in [3.05, 3.63) is 178 Å². The second kappa shape index (κ2) is 8.61. The first kappa shape index (κ1) is 11.2. The molecule has 45 heavy (non-hydrogen) atoms. The van der Waals surface area contributed by atoms with E-state index in [4.69, 9.17) is 19.8 Å². The van der Waals surface area contributed by atoms with E-state index in [0.29, 0.717) is 0 Å². The van der Waals surface area contributed by atoms with Crippen LogP contribution in [0.5, 0.6) is 11.5 Å². The minimum Gasteiger partial charge on any atom is -0.457 e. The second-order valence-electron chi connectivity index (χ2n) is 11.4. The van der Waals surface area contributed by atoms with Gasteiger partial charge < -0.3 is 4.74 Å². The fourth-order valence-electron chi connectivity index (χ4n) is 6.83. The maximum absolute atomic E-state index is 10.3. The number of para-hydroxylation sites is 1. The van der Waals surface area contributed by atoms with Crippen molar-refractivity contribution in [1.29, 1.82) is 0 Å². The van der Waals surface area contributed by atoms with Gasteiger partial charge in [0.05, 0.1) is 38.3 Å². The van der Waals surface area contributed by atoms with Gasteiger partial charge in [0, 0.05) is 16.5 Å². The Bertz CT molecular complexity index is 3730. The third kappa shape index (κ3) is 3.08. The largest absolute Gasteiger partial charge is 0.457 e. The molecular weight excluding hydrogens is 544 g/mol. The van der Waals surface area contributed by atoms with Crippen molar-refractivity contribution in [2.75, 3.05) is 0 Å². The van der Waals surface area contributed by atoms with Gasteiger partial charge in [-0.3, -0.25) is 0 Å². The molecule has 0 saturated carbocycles. The van der Waals surface area contributed by atoms with E-state index in [0.717, 1.165) is 0 Å². The Morgan fingerprint density at radius 3 is 1.91 bits per heavy atom. The average Bonchev–Trinajstić information content (AvgIpc) is 3.79. The number of fused-ring (bicyclic) bond motifs is 14. The highest BCUT2D eigenvalue weighted by molar-refractivity contribution is 6.06. The van der Waals surface area contributed by atoms with E-state index >= 15 is 0 Å². The normalized spacial score (nSPS) is 25.0. The molecule has 1 unspecified atom stereocenters. The lowest BCUT2D eigenvalue weighted by atomic mass is 9.70.